The van der Waals surface area contributed by atoms with Crippen molar-refractivity contribution in [3.63, 3.8) is 0 Å². The Morgan fingerprint density at radius 1 is 0.200 bits per heavy atom. The molecule has 0 heterocycles. The standard InChI is InChI=1S/C112H85N3/c1-10-71-41-47-74(48-42-71)77-53-59-80(60-54-77)113(101-37-21-33-95-105(101)87-25-13-17-29-91(87)109(95,4)5)83-65-67-85-86-68-66-84(114(81-61-55-78(56-62-81)75-49-43-72(11-2)44-50-75)102-38-22-34-96-106(102)88-26-14-18-30-92(88)110(96,6)7)70-100(86)112(99(85)69-83)94-32-20-16-28-90(94)108-98(112)36-24-40-104(108)115(82-63-57-79(58-64-82)76-51-45-73(12-3)46-52-76)103-39-23-35-97-107(103)89-27-15-19-31-93(89)111(97,8)9/h10-70H,1-3H2,4-9H3. The molecule has 0 saturated carbocycles. The van der Waals surface area contributed by atoms with Crippen LogP contribution in [0.1, 0.15) is 114 Å². The number of hydrogen-bond donors (Lipinski definition) is 0. The third kappa shape index (κ3) is 10.3. The van der Waals surface area contributed by atoms with Crippen molar-refractivity contribution in [3.05, 3.63) is 444 Å². The summed E-state index contributed by atoms with van der Waals surface area (Å²) in [5.74, 6) is 0. The molecule has 0 unspecified atom stereocenters. The highest BCUT2D eigenvalue weighted by atomic mass is 15.2. The minimum absolute atomic E-state index is 0.244. The molecule has 0 fully saturated rings. The van der Waals surface area contributed by atoms with E-state index in [0.717, 1.165) is 101 Å². The monoisotopic (exact) mass is 1470 g/mol. The maximum atomic E-state index is 4.08. The number of rotatable bonds is 15. The van der Waals surface area contributed by atoms with E-state index in [0.29, 0.717) is 0 Å². The average molecular weight is 1470 g/mol. The van der Waals surface area contributed by atoms with Crippen LogP contribution in [0, 0.1) is 0 Å². The number of hydrogen-bond acceptors (Lipinski definition) is 3. The van der Waals surface area contributed by atoms with Gasteiger partial charge in [-0.1, -0.05) is 346 Å². The number of anilines is 9. The zero-order valence-electron chi connectivity index (χ0n) is 65.7. The van der Waals surface area contributed by atoms with Gasteiger partial charge in [0.1, 0.15) is 0 Å². The van der Waals surface area contributed by atoms with Crippen LogP contribution in [0.15, 0.2) is 372 Å². The molecule has 0 radical (unpaired) electrons. The zero-order chi connectivity index (χ0) is 77.8. The third-order valence-corrected chi connectivity index (χ3v) is 26.2. The van der Waals surface area contributed by atoms with Gasteiger partial charge in [0.05, 0.1) is 28.2 Å². The van der Waals surface area contributed by atoms with E-state index < -0.39 is 5.41 Å². The Morgan fingerprint density at radius 2 is 0.443 bits per heavy atom. The molecule has 0 N–H and O–H groups in total. The molecule has 5 aliphatic carbocycles. The first-order chi connectivity index (χ1) is 56.2. The number of fused-ring (bicyclic) bond motifs is 19. The van der Waals surface area contributed by atoms with E-state index in [4.69, 9.17) is 0 Å². The first kappa shape index (κ1) is 69.1. The first-order valence-electron chi connectivity index (χ1n) is 40.3. The van der Waals surface area contributed by atoms with Crippen LogP contribution in [-0.4, -0.2) is 0 Å². The van der Waals surface area contributed by atoms with Gasteiger partial charge in [0.2, 0.25) is 0 Å². The predicted octanol–water partition coefficient (Wildman–Crippen LogP) is 30.3. The fourth-order valence-corrected chi connectivity index (χ4v) is 20.5. The summed E-state index contributed by atoms with van der Waals surface area (Å²) in [6.07, 6.45) is 5.73. The molecule has 1 spiro atoms. The Bertz CT molecular complexity index is 6440. The zero-order valence-corrected chi connectivity index (χ0v) is 65.7. The predicted molar refractivity (Wildman–Crippen MR) is 486 cm³/mol. The van der Waals surface area contributed by atoms with Crippen LogP contribution in [0.3, 0.4) is 0 Å². The molecule has 0 amide bonds. The molecule has 3 nitrogen and oxygen atoms in total. The summed E-state index contributed by atoms with van der Waals surface area (Å²) in [5.41, 5.74) is 43.5. The van der Waals surface area contributed by atoms with Crippen LogP contribution in [-0.2, 0) is 21.7 Å². The lowest BCUT2D eigenvalue weighted by molar-refractivity contribution is 0.660. The van der Waals surface area contributed by atoms with Crippen molar-refractivity contribution in [2.24, 2.45) is 0 Å². The van der Waals surface area contributed by atoms with Crippen molar-refractivity contribution in [2.45, 2.75) is 63.2 Å². The maximum absolute atomic E-state index is 4.08. The lowest BCUT2D eigenvalue weighted by Crippen LogP contribution is -2.27. The lowest BCUT2D eigenvalue weighted by atomic mass is 9.70. The van der Waals surface area contributed by atoms with Crippen molar-refractivity contribution in [1.29, 1.82) is 0 Å². The van der Waals surface area contributed by atoms with Crippen molar-refractivity contribution in [3.8, 4) is 89.0 Å². The fraction of sp³-hybridized carbons (Fsp3) is 0.0893. The van der Waals surface area contributed by atoms with Crippen LogP contribution >= 0.6 is 0 Å². The highest BCUT2D eigenvalue weighted by molar-refractivity contribution is 6.06. The van der Waals surface area contributed by atoms with Crippen LogP contribution in [0.5, 0.6) is 0 Å². The first-order valence-corrected chi connectivity index (χ1v) is 40.3. The molecular formula is C112H85N3. The Kier molecular flexibility index (Phi) is 15.7. The van der Waals surface area contributed by atoms with Gasteiger partial charge in [0, 0.05) is 66.9 Å². The highest BCUT2D eigenvalue weighted by Gasteiger charge is 2.54. The summed E-state index contributed by atoms with van der Waals surface area (Å²) in [5, 5.41) is 0. The van der Waals surface area contributed by atoms with Crippen molar-refractivity contribution >= 4 is 69.4 Å². The SMILES string of the molecule is C=Cc1ccc(-c2ccc(N(c3ccc4c(c3)C3(c5cc(N(c6ccc(-c7ccc(C=C)cc7)cc6)c6cccc7c6-c6ccccc6C7(C)C)ccc5-4)c4ccccc4-c4c(N(c5ccc(-c6ccc(C=C)cc6)cc5)c5cccc6c5-c5ccccc5C6(C)C)cccc43)c3cccc4c3-c3ccccc3C4(C)C)cc2)cc1. The van der Waals surface area contributed by atoms with Crippen LogP contribution in [0.2, 0.25) is 0 Å². The largest absolute Gasteiger partial charge is 0.310 e. The van der Waals surface area contributed by atoms with E-state index in [-0.39, 0.29) is 16.2 Å². The Labute approximate surface area is 675 Å². The van der Waals surface area contributed by atoms with Gasteiger partial charge in [-0.15, -0.1) is 0 Å². The van der Waals surface area contributed by atoms with Crippen LogP contribution in [0.25, 0.3) is 107 Å². The minimum atomic E-state index is -0.903. The fourth-order valence-electron chi connectivity index (χ4n) is 20.5. The van der Waals surface area contributed by atoms with Gasteiger partial charge >= 0.3 is 0 Å². The molecule has 0 aliphatic heterocycles. The van der Waals surface area contributed by atoms with E-state index in [2.05, 4.69) is 428 Å². The normalized spacial score (nSPS) is 14.2. The summed E-state index contributed by atoms with van der Waals surface area (Å²) < 4.78 is 0. The Balaban J connectivity index is 0.839. The smallest absolute Gasteiger partial charge is 0.0727 e. The van der Waals surface area contributed by atoms with Crippen LogP contribution < -0.4 is 14.7 Å². The molecule has 0 bridgehead atoms. The Morgan fingerprint density at radius 3 is 0.765 bits per heavy atom. The van der Waals surface area contributed by atoms with Gasteiger partial charge in [-0.25, -0.2) is 0 Å². The second-order valence-electron chi connectivity index (χ2n) is 33.2. The lowest BCUT2D eigenvalue weighted by Gasteiger charge is -2.34. The molecule has 0 saturated heterocycles. The molecule has 548 valence electrons. The van der Waals surface area contributed by atoms with E-state index >= 15 is 0 Å². The van der Waals surface area contributed by atoms with Crippen molar-refractivity contribution in [1.82, 2.24) is 0 Å². The Hall–Kier alpha value is -13.9. The van der Waals surface area contributed by atoms with Gasteiger partial charge in [-0.3, -0.25) is 0 Å². The molecule has 0 atom stereocenters. The van der Waals surface area contributed by atoms with E-state index in [1.54, 1.807) is 0 Å². The van der Waals surface area contributed by atoms with Gasteiger partial charge < -0.3 is 14.7 Å². The summed E-state index contributed by atoms with van der Waals surface area (Å²) in [4.78, 5) is 7.72. The molecule has 16 aromatic carbocycles. The second kappa shape index (κ2) is 26.1. The van der Waals surface area contributed by atoms with E-state index in [9.17, 15) is 0 Å². The third-order valence-electron chi connectivity index (χ3n) is 26.2. The highest BCUT2D eigenvalue weighted by Crippen LogP contribution is 2.68. The van der Waals surface area contributed by atoms with Crippen molar-refractivity contribution < 1.29 is 0 Å². The van der Waals surface area contributed by atoms with Gasteiger partial charge in [-0.05, 0) is 224 Å². The molecular weight excluding hydrogens is 1390 g/mol. The van der Waals surface area contributed by atoms with Crippen molar-refractivity contribution in [2.75, 3.05) is 14.7 Å². The molecule has 115 heavy (non-hydrogen) atoms. The van der Waals surface area contributed by atoms with Gasteiger partial charge in [0.15, 0.2) is 0 Å². The molecule has 5 aliphatic rings. The molecule has 0 aromatic heterocycles. The quantitative estimate of drug-likeness (QED) is 0.101. The minimum Gasteiger partial charge on any atom is -0.310 e. The van der Waals surface area contributed by atoms with Crippen LogP contribution in [0.4, 0.5) is 51.2 Å². The van der Waals surface area contributed by atoms with Gasteiger partial charge in [-0.2, -0.15) is 0 Å². The van der Waals surface area contributed by atoms with E-state index in [1.165, 1.54) is 111 Å². The summed E-state index contributed by atoms with van der Waals surface area (Å²) in [6.45, 7) is 26.6. The average Bonchev–Trinajstić information content (AvgIpc) is 1.50. The summed E-state index contributed by atoms with van der Waals surface area (Å²) in [6, 6.07) is 134. The summed E-state index contributed by atoms with van der Waals surface area (Å²) >= 11 is 0. The van der Waals surface area contributed by atoms with Gasteiger partial charge in [0.25, 0.3) is 0 Å². The topological polar surface area (TPSA) is 9.72 Å². The maximum Gasteiger partial charge on any atom is 0.0727 e. The number of nitrogens with zero attached hydrogens (tertiary/aromatic N) is 3. The second-order valence-corrected chi connectivity index (χ2v) is 33.2. The molecule has 16 aromatic rings. The number of benzene rings is 16. The molecule has 21 rings (SSSR count). The summed E-state index contributed by atoms with van der Waals surface area (Å²) in [7, 11) is 0. The van der Waals surface area contributed by atoms with E-state index in [1.807, 2.05) is 18.2 Å². The molecule has 3 heteroatoms.